The first kappa shape index (κ1) is 18.8. The number of halogens is 4. The summed E-state index contributed by atoms with van der Waals surface area (Å²) in [5, 5.41) is -1.03. The second-order valence-corrected chi connectivity index (χ2v) is 7.64. The van der Waals surface area contributed by atoms with E-state index < -0.39 is 11.2 Å². The number of para-hydroxylation sites is 1. The lowest BCUT2D eigenvalue weighted by molar-refractivity contribution is -0.0848. The van der Waals surface area contributed by atoms with Gasteiger partial charge in [0, 0.05) is 0 Å². The van der Waals surface area contributed by atoms with E-state index in [-0.39, 0.29) is 17.3 Å². The van der Waals surface area contributed by atoms with E-state index in [2.05, 4.69) is 0 Å². The van der Waals surface area contributed by atoms with E-state index >= 15 is 0 Å². The molecule has 3 rings (SSSR count). The topological polar surface area (TPSA) is 9.23 Å². The predicted octanol–water partition coefficient (Wildman–Crippen LogP) is 6.98. The van der Waals surface area contributed by atoms with E-state index in [4.69, 9.17) is 16.3 Å². The SMILES string of the molecule is CC1(C)[C@H](/C=C(\Cl)C(F)(F)F)[C@@H]1Cc1cccc(Oc2ccccc2)c1. The molecule has 0 aliphatic heterocycles. The van der Waals surface area contributed by atoms with Crippen LogP contribution in [-0.4, -0.2) is 6.18 Å². The highest BCUT2D eigenvalue weighted by Crippen LogP contribution is 2.61. The van der Waals surface area contributed by atoms with E-state index in [0.717, 1.165) is 17.4 Å². The lowest BCUT2D eigenvalue weighted by Gasteiger charge is -2.08. The number of alkyl halides is 3. The molecular weight excluding hydrogens is 361 g/mol. The molecule has 1 fully saturated rings. The summed E-state index contributed by atoms with van der Waals surface area (Å²) in [4.78, 5) is 0. The Morgan fingerprint density at radius 2 is 1.73 bits per heavy atom. The van der Waals surface area contributed by atoms with Crippen LogP contribution in [0.1, 0.15) is 19.4 Å². The summed E-state index contributed by atoms with van der Waals surface area (Å²) in [6, 6.07) is 17.1. The first-order valence-corrected chi connectivity index (χ1v) is 8.82. The molecule has 138 valence electrons. The molecule has 0 unspecified atom stereocenters. The molecule has 0 spiro atoms. The van der Waals surface area contributed by atoms with Crippen molar-refractivity contribution in [2.45, 2.75) is 26.4 Å². The average molecular weight is 381 g/mol. The van der Waals surface area contributed by atoms with Gasteiger partial charge in [-0.3, -0.25) is 0 Å². The highest BCUT2D eigenvalue weighted by molar-refractivity contribution is 6.30. The van der Waals surface area contributed by atoms with Crippen molar-refractivity contribution in [2.75, 3.05) is 0 Å². The molecule has 26 heavy (non-hydrogen) atoms. The zero-order chi connectivity index (χ0) is 18.9. The zero-order valence-electron chi connectivity index (χ0n) is 14.6. The van der Waals surface area contributed by atoms with Crippen LogP contribution < -0.4 is 4.74 Å². The van der Waals surface area contributed by atoms with Gasteiger partial charge in [-0.05, 0) is 53.5 Å². The van der Waals surface area contributed by atoms with Crippen LogP contribution in [0.2, 0.25) is 0 Å². The van der Waals surface area contributed by atoms with Gasteiger partial charge in [0.25, 0.3) is 0 Å². The summed E-state index contributed by atoms with van der Waals surface area (Å²) < 4.78 is 43.9. The Kier molecular flexibility index (Phi) is 5.07. The maximum atomic E-state index is 12.7. The minimum atomic E-state index is -4.48. The molecule has 1 saturated carbocycles. The third-order valence-corrected chi connectivity index (χ3v) is 5.41. The van der Waals surface area contributed by atoms with Crippen LogP contribution in [0.3, 0.4) is 0 Å². The van der Waals surface area contributed by atoms with Crippen LogP contribution in [0.15, 0.2) is 65.7 Å². The van der Waals surface area contributed by atoms with Gasteiger partial charge in [-0.2, -0.15) is 13.2 Å². The van der Waals surface area contributed by atoms with E-state index in [1.807, 2.05) is 68.4 Å². The Balaban J connectivity index is 1.70. The summed E-state index contributed by atoms with van der Waals surface area (Å²) in [5.41, 5.74) is 0.831. The fourth-order valence-electron chi connectivity index (χ4n) is 3.37. The molecule has 5 heteroatoms. The summed E-state index contributed by atoms with van der Waals surface area (Å²) in [6.07, 6.45) is -2.63. The van der Waals surface area contributed by atoms with Crippen LogP contribution in [0.5, 0.6) is 11.5 Å². The summed E-state index contributed by atoms with van der Waals surface area (Å²) >= 11 is 5.42. The van der Waals surface area contributed by atoms with Gasteiger partial charge in [0.2, 0.25) is 0 Å². The second kappa shape index (κ2) is 6.99. The molecular formula is C21H20ClF3O. The number of benzene rings is 2. The van der Waals surface area contributed by atoms with Gasteiger partial charge in [-0.25, -0.2) is 0 Å². The third-order valence-electron chi connectivity index (χ3n) is 5.07. The summed E-state index contributed by atoms with van der Waals surface area (Å²) in [6.45, 7) is 3.95. The lowest BCUT2D eigenvalue weighted by Crippen LogP contribution is -2.07. The van der Waals surface area contributed by atoms with Gasteiger partial charge in [-0.1, -0.05) is 61.9 Å². The largest absolute Gasteiger partial charge is 0.457 e. The summed E-state index contributed by atoms with van der Waals surface area (Å²) in [7, 11) is 0. The molecule has 1 aliphatic carbocycles. The molecule has 2 aromatic carbocycles. The maximum absolute atomic E-state index is 12.7. The highest BCUT2D eigenvalue weighted by atomic mass is 35.5. The Hall–Kier alpha value is -1.94. The lowest BCUT2D eigenvalue weighted by atomic mass is 10.0. The van der Waals surface area contributed by atoms with Crippen molar-refractivity contribution in [3.63, 3.8) is 0 Å². The van der Waals surface area contributed by atoms with Gasteiger partial charge < -0.3 is 4.74 Å². The van der Waals surface area contributed by atoms with Gasteiger partial charge in [0.05, 0.1) is 0 Å². The van der Waals surface area contributed by atoms with Crippen LogP contribution in [0.4, 0.5) is 13.2 Å². The van der Waals surface area contributed by atoms with Crippen molar-refractivity contribution in [2.24, 2.45) is 17.3 Å². The fourth-order valence-corrected chi connectivity index (χ4v) is 3.51. The van der Waals surface area contributed by atoms with Crippen LogP contribution in [0.25, 0.3) is 0 Å². The molecule has 1 aliphatic rings. The predicted molar refractivity (Wildman–Crippen MR) is 97.4 cm³/mol. The average Bonchev–Trinajstić information content (AvgIpc) is 3.07. The molecule has 0 radical (unpaired) electrons. The Bertz CT molecular complexity index is 796. The quantitative estimate of drug-likeness (QED) is 0.543. The monoisotopic (exact) mass is 380 g/mol. The number of hydrogen-bond donors (Lipinski definition) is 0. The normalized spacial score (nSPS) is 22.2. The number of rotatable bonds is 5. The number of hydrogen-bond acceptors (Lipinski definition) is 1. The van der Waals surface area contributed by atoms with Crippen LogP contribution in [0, 0.1) is 17.3 Å². The van der Waals surface area contributed by atoms with E-state index in [0.29, 0.717) is 12.2 Å². The van der Waals surface area contributed by atoms with E-state index in [1.54, 1.807) is 0 Å². The number of allylic oxidation sites excluding steroid dienone is 2. The third kappa shape index (κ3) is 4.24. The second-order valence-electron chi connectivity index (χ2n) is 7.23. The fraction of sp³-hybridized carbons (Fsp3) is 0.333. The molecule has 2 atom stereocenters. The Labute approximate surface area is 156 Å². The van der Waals surface area contributed by atoms with E-state index in [1.165, 1.54) is 0 Å². The Morgan fingerprint density at radius 1 is 1.08 bits per heavy atom. The van der Waals surface area contributed by atoms with Gasteiger partial charge in [-0.15, -0.1) is 0 Å². The minimum absolute atomic E-state index is 0.116. The van der Waals surface area contributed by atoms with Crippen molar-refractivity contribution in [3.8, 4) is 11.5 Å². The van der Waals surface area contributed by atoms with Crippen molar-refractivity contribution < 1.29 is 17.9 Å². The first-order chi connectivity index (χ1) is 12.2. The first-order valence-electron chi connectivity index (χ1n) is 8.44. The van der Waals surface area contributed by atoms with Gasteiger partial charge in [0.15, 0.2) is 0 Å². The van der Waals surface area contributed by atoms with Crippen molar-refractivity contribution >= 4 is 11.6 Å². The van der Waals surface area contributed by atoms with Gasteiger partial charge >= 0.3 is 6.18 Å². The van der Waals surface area contributed by atoms with E-state index in [9.17, 15) is 13.2 Å². The van der Waals surface area contributed by atoms with Crippen molar-refractivity contribution in [1.29, 1.82) is 0 Å². The van der Waals surface area contributed by atoms with Crippen LogP contribution in [-0.2, 0) is 6.42 Å². The minimum Gasteiger partial charge on any atom is -0.457 e. The molecule has 2 aromatic rings. The molecule has 0 saturated heterocycles. The maximum Gasteiger partial charge on any atom is 0.426 e. The highest BCUT2D eigenvalue weighted by Gasteiger charge is 2.56. The molecule has 1 nitrogen and oxygen atoms in total. The smallest absolute Gasteiger partial charge is 0.426 e. The summed E-state index contributed by atoms with van der Waals surface area (Å²) in [5.74, 6) is 1.39. The molecule has 0 amide bonds. The Morgan fingerprint density at radius 3 is 2.38 bits per heavy atom. The molecule has 0 aromatic heterocycles. The van der Waals surface area contributed by atoms with Crippen LogP contribution >= 0.6 is 11.6 Å². The molecule has 0 bridgehead atoms. The zero-order valence-corrected chi connectivity index (χ0v) is 15.3. The van der Waals surface area contributed by atoms with Gasteiger partial charge in [0.1, 0.15) is 16.5 Å². The number of ether oxygens (including phenoxy) is 1. The molecule has 0 N–H and O–H groups in total. The molecule has 0 heterocycles. The van der Waals surface area contributed by atoms with Crippen molar-refractivity contribution in [3.05, 3.63) is 71.3 Å². The van der Waals surface area contributed by atoms with Crippen molar-refractivity contribution in [1.82, 2.24) is 0 Å². The standard InChI is InChI=1S/C21H20ClF3O/c1-20(2)17(18(20)13-19(22)21(23,24)25)12-14-7-6-10-16(11-14)26-15-8-4-3-5-9-15/h3-11,13,17-18H,12H2,1-2H3/b19-13-/t17-,18+/m0/s1.